The van der Waals surface area contributed by atoms with Crippen LogP contribution in [0.5, 0.6) is 0 Å². The van der Waals surface area contributed by atoms with Gasteiger partial charge in [0.1, 0.15) is 11.7 Å². The molecule has 0 saturated carbocycles. The van der Waals surface area contributed by atoms with Crippen LogP contribution in [-0.4, -0.2) is 22.6 Å². The van der Waals surface area contributed by atoms with Gasteiger partial charge < -0.3 is 5.11 Å². The molecular formula is C9H16O3S. The monoisotopic (exact) mass is 204 g/mol. The van der Waals surface area contributed by atoms with Gasteiger partial charge in [-0.2, -0.15) is 12.6 Å². The van der Waals surface area contributed by atoms with Gasteiger partial charge in [0, 0.05) is 0 Å². The van der Waals surface area contributed by atoms with Gasteiger partial charge in [0.05, 0.1) is 0 Å². The summed E-state index contributed by atoms with van der Waals surface area (Å²) < 4.78 is 0. The third-order valence-electron chi connectivity index (χ3n) is 1.94. The van der Waals surface area contributed by atoms with Crippen LogP contribution in [-0.2, 0) is 9.59 Å². The molecule has 1 N–H and O–H groups in total. The fraction of sp³-hybridized carbons (Fsp3) is 0.778. The van der Waals surface area contributed by atoms with Gasteiger partial charge in [-0.25, -0.2) is 0 Å². The van der Waals surface area contributed by atoms with E-state index in [4.69, 9.17) is 5.11 Å². The maximum Gasteiger partial charge on any atom is 0.314 e. The van der Waals surface area contributed by atoms with Crippen molar-refractivity contribution < 1.29 is 14.7 Å². The Balaban J connectivity index is 3.71. The first-order chi connectivity index (χ1) is 6.09. The highest BCUT2D eigenvalue weighted by atomic mass is 32.1. The van der Waals surface area contributed by atoms with E-state index < -0.39 is 11.9 Å². The lowest BCUT2D eigenvalue weighted by molar-refractivity contribution is -0.146. The molecule has 0 aromatic rings. The molecule has 0 rings (SSSR count). The first-order valence-corrected chi connectivity index (χ1v) is 5.07. The van der Waals surface area contributed by atoms with E-state index >= 15 is 0 Å². The molecule has 13 heavy (non-hydrogen) atoms. The van der Waals surface area contributed by atoms with E-state index in [0.717, 1.165) is 25.0 Å². The molecule has 0 aromatic carbocycles. The van der Waals surface area contributed by atoms with Crippen LogP contribution < -0.4 is 0 Å². The summed E-state index contributed by atoms with van der Waals surface area (Å²) in [7, 11) is 0. The predicted molar refractivity (Wildman–Crippen MR) is 54.1 cm³/mol. The molecule has 0 bridgehead atoms. The van der Waals surface area contributed by atoms with E-state index in [-0.39, 0.29) is 5.78 Å². The Morgan fingerprint density at radius 2 is 1.92 bits per heavy atom. The van der Waals surface area contributed by atoms with Crippen molar-refractivity contribution in [1.82, 2.24) is 0 Å². The minimum absolute atomic E-state index is 0.252. The molecule has 76 valence electrons. The molecule has 0 amide bonds. The van der Waals surface area contributed by atoms with Crippen LogP contribution in [0.15, 0.2) is 0 Å². The molecule has 0 heterocycles. The van der Waals surface area contributed by atoms with Gasteiger partial charge in [-0.1, -0.05) is 12.8 Å². The Bertz CT molecular complexity index is 166. The summed E-state index contributed by atoms with van der Waals surface area (Å²) in [6, 6.07) is 0. The largest absolute Gasteiger partial charge is 0.481 e. The zero-order valence-electron chi connectivity index (χ0n) is 7.82. The summed E-state index contributed by atoms with van der Waals surface area (Å²) in [4.78, 5) is 21.4. The molecule has 0 aromatic heterocycles. The number of hydrogen-bond donors (Lipinski definition) is 2. The number of unbranched alkanes of at least 4 members (excludes halogenated alkanes) is 2. The lowest BCUT2D eigenvalue weighted by Gasteiger charge is -2.07. The lowest BCUT2D eigenvalue weighted by atomic mass is 9.98. The molecule has 0 spiro atoms. The molecule has 4 heteroatoms. The fourth-order valence-electron chi connectivity index (χ4n) is 1.14. The Morgan fingerprint density at radius 1 is 1.31 bits per heavy atom. The topological polar surface area (TPSA) is 54.4 Å². The SMILES string of the molecule is CC(=O)C(CCCCCS)C(=O)O. The van der Waals surface area contributed by atoms with Gasteiger partial charge in [-0.3, -0.25) is 9.59 Å². The Morgan fingerprint density at radius 3 is 2.31 bits per heavy atom. The number of Topliss-reactive ketones (excluding diaryl/α,β-unsaturated/α-hetero) is 1. The van der Waals surface area contributed by atoms with Crippen molar-refractivity contribution in [2.24, 2.45) is 5.92 Å². The molecule has 1 atom stereocenters. The highest BCUT2D eigenvalue weighted by Gasteiger charge is 2.21. The quantitative estimate of drug-likeness (QED) is 0.377. The van der Waals surface area contributed by atoms with Gasteiger partial charge in [0.15, 0.2) is 0 Å². The summed E-state index contributed by atoms with van der Waals surface area (Å²) in [5, 5.41) is 8.66. The van der Waals surface area contributed by atoms with E-state index in [0.29, 0.717) is 6.42 Å². The molecule has 0 fully saturated rings. The number of ketones is 1. The van der Waals surface area contributed by atoms with Crippen molar-refractivity contribution in [2.75, 3.05) is 5.75 Å². The number of rotatable bonds is 7. The first kappa shape index (κ1) is 12.5. The smallest absolute Gasteiger partial charge is 0.314 e. The van der Waals surface area contributed by atoms with Crippen molar-refractivity contribution in [3.63, 3.8) is 0 Å². The predicted octanol–water partition coefficient (Wildman–Crippen LogP) is 1.77. The molecule has 0 aliphatic rings. The zero-order chi connectivity index (χ0) is 10.3. The molecular weight excluding hydrogens is 188 g/mol. The Hall–Kier alpha value is -0.510. The number of hydrogen-bond acceptors (Lipinski definition) is 3. The van der Waals surface area contributed by atoms with Crippen molar-refractivity contribution >= 4 is 24.4 Å². The molecule has 0 aliphatic carbocycles. The number of carbonyl (C=O) groups is 2. The maximum absolute atomic E-state index is 10.9. The van der Waals surface area contributed by atoms with Crippen LogP contribution in [0.25, 0.3) is 0 Å². The van der Waals surface area contributed by atoms with Gasteiger partial charge in [0.2, 0.25) is 0 Å². The second-order valence-corrected chi connectivity index (χ2v) is 3.52. The van der Waals surface area contributed by atoms with Gasteiger partial charge >= 0.3 is 5.97 Å². The average Bonchev–Trinajstić information content (AvgIpc) is 2.02. The maximum atomic E-state index is 10.9. The van der Waals surface area contributed by atoms with Crippen LogP contribution in [0.1, 0.15) is 32.6 Å². The number of aliphatic carboxylic acids is 1. The van der Waals surface area contributed by atoms with E-state index in [1.54, 1.807) is 0 Å². The van der Waals surface area contributed by atoms with E-state index in [2.05, 4.69) is 12.6 Å². The molecule has 1 unspecified atom stereocenters. The van der Waals surface area contributed by atoms with E-state index in [1.165, 1.54) is 6.92 Å². The lowest BCUT2D eigenvalue weighted by Crippen LogP contribution is -2.21. The Labute approximate surface area is 83.9 Å². The van der Waals surface area contributed by atoms with Crippen LogP contribution in [0, 0.1) is 5.92 Å². The highest BCUT2D eigenvalue weighted by Crippen LogP contribution is 2.11. The summed E-state index contributed by atoms with van der Waals surface area (Å²) in [6.45, 7) is 1.33. The molecule has 0 aliphatic heterocycles. The third-order valence-corrected chi connectivity index (χ3v) is 2.26. The van der Waals surface area contributed by atoms with Gasteiger partial charge in [-0.15, -0.1) is 0 Å². The van der Waals surface area contributed by atoms with Gasteiger partial charge in [-0.05, 0) is 25.5 Å². The molecule has 3 nitrogen and oxygen atoms in total. The number of carboxylic acid groups (broad SMARTS) is 1. The van der Waals surface area contributed by atoms with Gasteiger partial charge in [0.25, 0.3) is 0 Å². The average molecular weight is 204 g/mol. The first-order valence-electron chi connectivity index (χ1n) is 4.43. The number of thiol groups is 1. The second-order valence-electron chi connectivity index (χ2n) is 3.07. The van der Waals surface area contributed by atoms with E-state index in [9.17, 15) is 9.59 Å². The summed E-state index contributed by atoms with van der Waals surface area (Å²) in [5.74, 6) is -1.24. The number of carboxylic acids is 1. The minimum Gasteiger partial charge on any atom is -0.481 e. The summed E-state index contributed by atoms with van der Waals surface area (Å²) >= 11 is 4.04. The van der Waals surface area contributed by atoms with Crippen LogP contribution >= 0.6 is 12.6 Å². The van der Waals surface area contributed by atoms with E-state index in [1.807, 2.05) is 0 Å². The summed E-state index contributed by atoms with van der Waals surface area (Å²) in [5.41, 5.74) is 0. The van der Waals surface area contributed by atoms with Crippen molar-refractivity contribution in [2.45, 2.75) is 32.6 Å². The highest BCUT2D eigenvalue weighted by molar-refractivity contribution is 7.80. The Kier molecular flexibility index (Phi) is 6.68. The number of carbonyl (C=O) groups excluding carboxylic acids is 1. The van der Waals surface area contributed by atoms with Crippen molar-refractivity contribution in [3.05, 3.63) is 0 Å². The molecule has 0 radical (unpaired) electrons. The summed E-state index contributed by atoms with van der Waals surface area (Å²) in [6.07, 6.45) is 3.17. The van der Waals surface area contributed by atoms with Crippen molar-refractivity contribution in [1.29, 1.82) is 0 Å². The van der Waals surface area contributed by atoms with Crippen molar-refractivity contribution in [3.8, 4) is 0 Å². The molecule has 0 saturated heterocycles. The normalized spacial score (nSPS) is 12.5. The standard InChI is InChI=1S/C9H16O3S/c1-7(10)8(9(11)12)5-3-2-4-6-13/h8,13H,2-6H2,1H3,(H,11,12). The fourth-order valence-corrected chi connectivity index (χ4v) is 1.36. The zero-order valence-corrected chi connectivity index (χ0v) is 8.72. The second kappa shape index (κ2) is 6.95. The van der Waals surface area contributed by atoms with Crippen LogP contribution in [0.4, 0.5) is 0 Å². The minimum atomic E-state index is -1.00. The van der Waals surface area contributed by atoms with Crippen LogP contribution in [0.2, 0.25) is 0 Å². The third kappa shape index (κ3) is 5.69. The van der Waals surface area contributed by atoms with Crippen LogP contribution in [0.3, 0.4) is 0 Å².